The molecule has 18 heavy (non-hydrogen) atoms. The lowest BCUT2D eigenvalue weighted by Gasteiger charge is -2.18. The first-order valence-electron chi connectivity index (χ1n) is 6.82. The Morgan fingerprint density at radius 3 is 2.78 bits per heavy atom. The maximum atomic E-state index is 9.06. The summed E-state index contributed by atoms with van der Waals surface area (Å²) >= 11 is 6.02. The molecule has 3 rings (SSSR count). The number of hydrogen-bond acceptors (Lipinski definition) is 2. The standard InChI is InChI=1S/C15H20ClNO/c16-13-2-1-11-8-14(9-12(11)7-13)17-10-15(3-4-15)5-6-18/h1-2,7,14,17-18H,3-6,8-10H2. The largest absolute Gasteiger partial charge is 0.396 e. The maximum absolute atomic E-state index is 9.06. The number of benzene rings is 1. The van der Waals surface area contributed by atoms with E-state index in [0.29, 0.717) is 18.1 Å². The smallest absolute Gasteiger partial charge is 0.0436 e. The highest BCUT2D eigenvalue weighted by Crippen LogP contribution is 2.48. The van der Waals surface area contributed by atoms with Gasteiger partial charge in [0.1, 0.15) is 0 Å². The molecule has 0 radical (unpaired) electrons. The lowest BCUT2D eigenvalue weighted by molar-refractivity contribution is 0.242. The van der Waals surface area contributed by atoms with Crippen molar-refractivity contribution in [2.75, 3.05) is 13.2 Å². The van der Waals surface area contributed by atoms with E-state index in [1.807, 2.05) is 6.07 Å². The molecule has 1 fully saturated rings. The van der Waals surface area contributed by atoms with E-state index in [9.17, 15) is 0 Å². The lowest BCUT2D eigenvalue weighted by atomic mass is 10.0. The molecule has 2 aliphatic rings. The summed E-state index contributed by atoms with van der Waals surface area (Å²) in [6, 6.07) is 6.78. The average Bonchev–Trinajstić information content (AvgIpc) is 2.99. The highest BCUT2D eigenvalue weighted by Gasteiger charge is 2.42. The van der Waals surface area contributed by atoms with Crippen LogP contribution in [0.15, 0.2) is 18.2 Å². The Morgan fingerprint density at radius 2 is 2.06 bits per heavy atom. The van der Waals surface area contributed by atoms with E-state index in [2.05, 4.69) is 17.4 Å². The van der Waals surface area contributed by atoms with Crippen LogP contribution < -0.4 is 5.32 Å². The Kier molecular flexibility index (Phi) is 3.35. The topological polar surface area (TPSA) is 32.3 Å². The fourth-order valence-corrected chi connectivity index (χ4v) is 3.22. The molecule has 0 heterocycles. The van der Waals surface area contributed by atoms with Crippen molar-refractivity contribution in [2.45, 2.75) is 38.1 Å². The minimum Gasteiger partial charge on any atom is -0.396 e. The van der Waals surface area contributed by atoms with Gasteiger partial charge in [-0.2, -0.15) is 0 Å². The van der Waals surface area contributed by atoms with Crippen LogP contribution in [0.3, 0.4) is 0 Å². The van der Waals surface area contributed by atoms with Gasteiger partial charge in [-0.25, -0.2) is 0 Å². The van der Waals surface area contributed by atoms with Gasteiger partial charge in [0, 0.05) is 24.2 Å². The summed E-state index contributed by atoms with van der Waals surface area (Å²) in [5, 5.41) is 13.6. The van der Waals surface area contributed by atoms with Gasteiger partial charge in [0.2, 0.25) is 0 Å². The Hall–Kier alpha value is -0.570. The number of halogens is 1. The normalized spacial score (nSPS) is 24.0. The van der Waals surface area contributed by atoms with Crippen molar-refractivity contribution in [3.05, 3.63) is 34.3 Å². The first-order valence-corrected chi connectivity index (χ1v) is 7.20. The lowest BCUT2D eigenvalue weighted by Crippen LogP contribution is -2.35. The number of hydrogen-bond donors (Lipinski definition) is 2. The van der Waals surface area contributed by atoms with Gasteiger partial charge in [0.25, 0.3) is 0 Å². The zero-order valence-corrected chi connectivity index (χ0v) is 11.3. The van der Waals surface area contributed by atoms with E-state index in [4.69, 9.17) is 16.7 Å². The summed E-state index contributed by atoms with van der Waals surface area (Å²) < 4.78 is 0. The molecule has 1 atom stereocenters. The molecular weight excluding hydrogens is 246 g/mol. The van der Waals surface area contributed by atoms with Crippen molar-refractivity contribution in [3.8, 4) is 0 Å². The Balaban J connectivity index is 1.55. The second kappa shape index (κ2) is 4.84. The van der Waals surface area contributed by atoms with Gasteiger partial charge in [-0.15, -0.1) is 0 Å². The third-order valence-corrected chi connectivity index (χ3v) is 4.70. The van der Waals surface area contributed by atoms with Crippen LogP contribution in [0.5, 0.6) is 0 Å². The first-order chi connectivity index (χ1) is 8.71. The number of aliphatic hydroxyl groups is 1. The summed E-state index contributed by atoms with van der Waals surface area (Å²) in [5.74, 6) is 0. The Bertz CT molecular complexity index is 442. The molecule has 2 nitrogen and oxygen atoms in total. The molecule has 0 spiro atoms. The molecule has 2 N–H and O–H groups in total. The predicted octanol–water partition coefficient (Wildman–Crippen LogP) is 2.56. The van der Waals surface area contributed by atoms with Crippen molar-refractivity contribution in [2.24, 2.45) is 5.41 Å². The number of fused-ring (bicyclic) bond motifs is 1. The van der Waals surface area contributed by atoms with E-state index in [1.54, 1.807) is 0 Å². The zero-order chi connectivity index (χ0) is 12.6. The quantitative estimate of drug-likeness (QED) is 0.858. The maximum Gasteiger partial charge on any atom is 0.0436 e. The van der Waals surface area contributed by atoms with Crippen molar-refractivity contribution < 1.29 is 5.11 Å². The fourth-order valence-electron chi connectivity index (χ4n) is 3.02. The molecule has 0 amide bonds. The van der Waals surface area contributed by atoms with E-state index >= 15 is 0 Å². The fraction of sp³-hybridized carbons (Fsp3) is 0.600. The number of rotatable bonds is 5. The van der Waals surface area contributed by atoms with Crippen molar-refractivity contribution in [3.63, 3.8) is 0 Å². The summed E-state index contributed by atoms with van der Waals surface area (Å²) in [5.41, 5.74) is 3.23. The summed E-state index contributed by atoms with van der Waals surface area (Å²) in [6.45, 7) is 1.38. The molecule has 3 heteroatoms. The molecule has 0 saturated heterocycles. The van der Waals surface area contributed by atoms with Crippen LogP contribution in [0.4, 0.5) is 0 Å². The molecule has 1 aromatic carbocycles. The van der Waals surface area contributed by atoms with E-state index in [0.717, 1.165) is 30.8 Å². The highest BCUT2D eigenvalue weighted by molar-refractivity contribution is 6.30. The first kappa shape index (κ1) is 12.5. The molecular formula is C15H20ClNO. The number of aliphatic hydroxyl groups excluding tert-OH is 1. The van der Waals surface area contributed by atoms with Crippen LogP contribution in [0, 0.1) is 5.41 Å². The zero-order valence-electron chi connectivity index (χ0n) is 10.6. The van der Waals surface area contributed by atoms with Gasteiger partial charge in [0.15, 0.2) is 0 Å². The Labute approximate surface area is 113 Å². The third-order valence-electron chi connectivity index (χ3n) is 4.47. The van der Waals surface area contributed by atoms with Crippen molar-refractivity contribution in [1.29, 1.82) is 0 Å². The molecule has 1 saturated carbocycles. The van der Waals surface area contributed by atoms with Crippen molar-refractivity contribution in [1.82, 2.24) is 5.32 Å². The highest BCUT2D eigenvalue weighted by atomic mass is 35.5. The molecule has 0 aromatic heterocycles. The van der Waals surface area contributed by atoms with Crippen LogP contribution >= 0.6 is 11.6 Å². The second-order valence-electron chi connectivity index (χ2n) is 5.87. The van der Waals surface area contributed by atoms with Gasteiger partial charge in [-0.3, -0.25) is 0 Å². The monoisotopic (exact) mass is 265 g/mol. The van der Waals surface area contributed by atoms with Gasteiger partial charge >= 0.3 is 0 Å². The van der Waals surface area contributed by atoms with Gasteiger partial charge in [-0.1, -0.05) is 17.7 Å². The Morgan fingerprint density at radius 1 is 1.28 bits per heavy atom. The number of nitrogens with one attached hydrogen (secondary N) is 1. The van der Waals surface area contributed by atoms with Gasteiger partial charge in [-0.05, 0) is 60.8 Å². The van der Waals surface area contributed by atoms with Crippen LogP contribution in [0.25, 0.3) is 0 Å². The van der Waals surface area contributed by atoms with Crippen LogP contribution in [0.2, 0.25) is 5.02 Å². The van der Waals surface area contributed by atoms with Crippen molar-refractivity contribution >= 4 is 11.6 Å². The van der Waals surface area contributed by atoms with Gasteiger partial charge in [0.05, 0.1) is 0 Å². The summed E-state index contributed by atoms with van der Waals surface area (Å²) in [6.07, 6.45) is 5.69. The third kappa shape index (κ3) is 2.56. The predicted molar refractivity (Wildman–Crippen MR) is 74.0 cm³/mol. The minimum atomic E-state index is 0.322. The molecule has 1 aromatic rings. The molecule has 2 aliphatic carbocycles. The summed E-state index contributed by atoms with van der Waals surface area (Å²) in [7, 11) is 0. The second-order valence-corrected chi connectivity index (χ2v) is 6.31. The molecule has 1 unspecified atom stereocenters. The van der Waals surface area contributed by atoms with E-state index < -0.39 is 0 Å². The minimum absolute atomic E-state index is 0.322. The molecule has 0 bridgehead atoms. The van der Waals surface area contributed by atoms with Crippen LogP contribution in [-0.2, 0) is 12.8 Å². The van der Waals surface area contributed by atoms with Crippen LogP contribution in [0.1, 0.15) is 30.4 Å². The summed E-state index contributed by atoms with van der Waals surface area (Å²) in [4.78, 5) is 0. The molecule has 98 valence electrons. The SMILES string of the molecule is OCCC1(CNC2Cc3ccc(Cl)cc3C2)CC1. The van der Waals surface area contributed by atoms with E-state index in [-0.39, 0.29) is 0 Å². The van der Waals surface area contributed by atoms with Crippen LogP contribution in [-0.4, -0.2) is 24.3 Å². The average molecular weight is 266 g/mol. The van der Waals surface area contributed by atoms with Gasteiger partial charge < -0.3 is 10.4 Å². The molecule has 0 aliphatic heterocycles. The van der Waals surface area contributed by atoms with E-state index in [1.165, 1.54) is 24.0 Å².